The Labute approximate surface area is 335 Å². The molecule has 1 amide bonds. The number of rotatable bonds is 10. The van der Waals surface area contributed by atoms with Crippen molar-refractivity contribution < 1.29 is 70.6 Å². The van der Waals surface area contributed by atoms with Gasteiger partial charge in [-0.25, -0.2) is 14.6 Å². The average Bonchev–Trinajstić information content (AvgIpc) is 3.61. The number of hydrogen-bond donors (Lipinski definition) is 6. The average molecular weight is 862 g/mol. The molecule has 2 saturated heterocycles. The molecule has 2 fully saturated rings. The Morgan fingerprint density at radius 1 is 1.02 bits per heavy atom. The Morgan fingerprint density at radius 2 is 1.68 bits per heavy atom. The minimum absolute atomic E-state index is 0.00365. The fourth-order valence-electron chi connectivity index (χ4n) is 6.18. The number of phenols is 1. The number of benzene rings is 2. The predicted octanol–water partition coefficient (Wildman–Crippen LogP) is 4.47. The Kier molecular flexibility index (Phi) is 15.8. The van der Waals surface area contributed by atoms with Gasteiger partial charge < -0.3 is 45.1 Å². The summed E-state index contributed by atoms with van der Waals surface area (Å²) in [5, 5.41) is 41.8. The van der Waals surface area contributed by atoms with Gasteiger partial charge in [-0.2, -0.15) is 26.3 Å². The van der Waals surface area contributed by atoms with E-state index in [1.807, 2.05) is 41.5 Å². The Balaban J connectivity index is 0.000000471. The van der Waals surface area contributed by atoms with Crippen molar-refractivity contribution in [2.75, 3.05) is 52.5 Å². The first kappa shape index (κ1) is 46.4. The number of alkyl halides is 6. The zero-order chi connectivity index (χ0) is 43.5. The molecule has 322 valence electrons. The molecule has 4 aromatic rings. The van der Waals surface area contributed by atoms with Crippen LogP contribution < -0.4 is 15.6 Å². The van der Waals surface area contributed by atoms with Crippen LogP contribution in [0.25, 0.3) is 10.9 Å². The molecule has 2 aromatic carbocycles. The number of carboxylic acid groups (broad SMARTS) is 2. The number of ether oxygens (including phenoxy) is 2. The maximum absolute atomic E-state index is 13.0. The number of halogens is 6. The normalized spacial score (nSPS) is 16.0. The number of pyridine rings is 1. The molecule has 0 bridgehead atoms. The van der Waals surface area contributed by atoms with Crippen LogP contribution >= 0.6 is 11.3 Å². The number of thiazole rings is 1. The number of phenolic OH excluding ortho intramolecular Hbond substituents is 1. The third-order valence-corrected chi connectivity index (χ3v) is 9.91. The van der Waals surface area contributed by atoms with E-state index < -0.39 is 30.4 Å². The van der Waals surface area contributed by atoms with E-state index in [4.69, 9.17) is 29.3 Å². The van der Waals surface area contributed by atoms with Gasteiger partial charge in [0.05, 0.1) is 35.4 Å². The van der Waals surface area contributed by atoms with Gasteiger partial charge in [-0.3, -0.25) is 14.5 Å². The maximum atomic E-state index is 13.0. The van der Waals surface area contributed by atoms with Crippen LogP contribution in [0.4, 0.5) is 26.3 Å². The van der Waals surface area contributed by atoms with E-state index in [2.05, 4.69) is 20.2 Å². The SMILES string of the molecule is Cc1nc(C(=O)N2CCOC3(CCN(CCOc4cccc(CNC[C@H](O)c5ccc(O)c6[nH]c(=O)ccc56)c4)CC3)C2)cs1.O=C(O)C(F)(F)F.O=C(O)C(F)(F)F. The zero-order valence-electron chi connectivity index (χ0n) is 31.3. The van der Waals surface area contributed by atoms with Gasteiger partial charge >= 0.3 is 24.3 Å². The molecular formula is C37H41F6N5O10S. The molecule has 59 heavy (non-hydrogen) atoms. The highest BCUT2D eigenvalue weighted by molar-refractivity contribution is 7.09. The van der Waals surface area contributed by atoms with Gasteiger partial charge in [0.25, 0.3) is 5.91 Å². The molecule has 15 nitrogen and oxygen atoms in total. The van der Waals surface area contributed by atoms with Gasteiger partial charge in [-0.05, 0) is 55.2 Å². The number of morpholine rings is 1. The molecular weight excluding hydrogens is 820 g/mol. The second-order valence-corrected chi connectivity index (χ2v) is 14.4. The van der Waals surface area contributed by atoms with E-state index in [9.17, 15) is 46.1 Å². The number of piperidine rings is 1. The van der Waals surface area contributed by atoms with Crippen molar-refractivity contribution in [2.45, 2.75) is 50.4 Å². The number of aliphatic carboxylic acids is 2. The van der Waals surface area contributed by atoms with E-state index in [1.165, 1.54) is 23.5 Å². The first-order valence-electron chi connectivity index (χ1n) is 17.8. The number of aromatic nitrogens is 2. The highest BCUT2D eigenvalue weighted by atomic mass is 32.1. The van der Waals surface area contributed by atoms with Gasteiger partial charge in [0.2, 0.25) is 5.56 Å². The maximum Gasteiger partial charge on any atom is 0.490 e. The van der Waals surface area contributed by atoms with Crippen molar-refractivity contribution in [3.05, 3.63) is 86.1 Å². The van der Waals surface area contributed by atoms with Crippen molar-refractivity contribution in [3.8, 4) is 11.5 Å². The number of aliphatic hydroxyl groups excluding tert-OH is 1. The van der Waals surface area contributed by atoms with E-state index in [-0.39, 0.29) is 22.8 Å². The molecule has 2 aliphatic heterocycles. The van der Waals surface area contributed by atoms with E-state index in [1.54, 1.807) is 12.1 Å². The topological polar surface area (TPSA) is 215 Å². The fourth-order valence-corrected chi connectivity index (χ4v) is 6.77. The molecule has 6 N–H and O–H groups in total. The molecule has 4 heterocycles. The summed E-state index contributed by atoms with van der Waals surface area (Å²) in [4.78, 5) is 53.7. The number of carbonyl (C=O) groups excluding carboxylic acids is 1. The van der Waals surface area contributed by atoms with E-state index in [0.717, 1.165) is 48.8 Å². The van der Waals surface area contributed by atoms with Crippen LogP contribution in [0, 0.1) is 6.92 Å². The van der Waals surface area contributed by atoms with E-state index in [0.29, 0.717) is 61.6 Å². The quantitative estimate of drug-likeness (QED) is 0.122. The number of amides is 1. The fraction of sp³-hybridized carbons (Fsp3) is 0.432. The minimum atomic E-state index is -5.08. The highest BCUT2D eigenvalue weighted by Crippen LogP contribution is 2.31. The third kappa shape index (κ3) is 13.6. The lowest BCUT2D eigenvalue weighted by Crippen LogP contribution is -2.58. The molecule has 0 radical (unpaired) electrons. The monoisotopic (exact) mass is 861 g/mol. The van der Waals surface area contributed by atoms with Crippen molar-refractivity contribution >= 4 is 40.1 Å². The number of hydrogen-bond acceptors (Lipinski definition) is 12. The lowest BCUT2D eigenvalue weighted by molar-refractivity contribution is -0.193. The van der Waals surface area contributed by atoms with Crippen molar-refractivity contribution in [1.29, 1.82) is 0 Å². The molecule has 2 aliphatic rings. The number of aliphatic hydroxyl groups is 1. The number of nitrogens with zero attached hydrogens (tertiary/aromatic N) is 3. The first-order chi connectivity index (χ1) is 27.7. The number of aryl methyl sites for hydroxylation is 1. The summed E-state index contributed by atoms with van der Waals surface area (Å²) in [6, 6.07) is 14.0. The standard InChI is InChI=1S/C33H39N5O6S.2C2HF3O2/c1-22-35-27(20-45-22)32(42)38-14-16-44-33(21-38)9-11-37(12-10-33)13-15-43-24-4-2-3-23(17-24)18-34-19-29(40)25-5-7-28(39)31-26(25)6-8-30(41)36-31;2*3-2(4,5)1(6)7/h2-8,17,20,29,34,39-40H,9-16,18-19,21H2,1H3,(H,36,41);2*(H,6,7)/t29-;;/m0../s1. The Hall–Kier alpha value is -5.29. The molecule has 0 saturated carbocycles. The number of carboxylic acids is 2. The summed E-state index contributed by atoms with van der Waals surface area (Å²) in [6.07, 6.45) is -9.25. The van der Waals surface area contributed by atoms with Crippen LogP contribution in [0.5, 0.6) is 11.5 Å². The van der Waals surface area contributed by atoms with Crippen LogP contribution in [-0.2, 0) is 20.9 Å². The molecule has 6 rings (SSSR count). The zero-order valence-corrected chi connectivity index (χ0v) is 32.1. The van der Waals surface area contributed by atoms with Crippen molar-refractivity contribution in [3.63, 3.8) is 0 Å². The third-order valence-electron chi connectivity index (χ3n) is 9.13. The first-order valence-corrected chi connectivity index (χ1v) is 18.7. The number of H-pyrrole nitrogens is 1. The summed E-state index contributed by atoms with van der Waals surface area (Å²) < 4.78 is 75.8. The van der Waals surface area contributed by atoms with Gasteiger partial charge in [-0.15, -0.1) is 11.3 Å². The van der Waals surface area contributed by atoms with Crippen LogP contribution in [0.1, 0.15) is 45.6 Å². The predicted molar refractivity (Wildman–Crippen MR) is 199 cm³/mol. The number of carbonyl (C=O) groups is 3. The lowest BCUT2D eigenvalue weighted by atomic mass is 9.89. The van der Waals surface area contributed by atoms with Gasteiger partial charge in [0, 0.05) is 56.1 Å². The molecule has 2 aromatic heterocycles. The number of likely N-dealkylation sites (tertiary alicyclic amines) is 1. The smallest absolute Gasteiger partial charge is 0.490 e. The van der Waals surface area contributed by atoms with Crippen molar-refractivity contribution in [2.24, 2.45) is 0 Å². The van der Waals surface area contributed by atoms with Crippen LogP contribution in [0.3, 0.4) is 0 Å². The van der Waals surface area contributed by atoms with Crippen molar-refractivity contribution in [1.82, 2.24) is 25.1 Å². The number of nitrogens with one attached hydrogen (secondary N) is 2. The Morgan fingerprint density at radius 3 is 2.29 bits per heavy atom. The summed E-state index contributed by atoms with van der Waals surface area (Å²) in [5.41, 5.74) is 1.89. The van der Waals surface area contributed by atoms with E-state index >= 15 is 0 Å². The van der Waals surface area contributed by atoms with Gasteiger partial charge in [0.1, 0.15) is 23.8 Å². The lowest BCUT2D eigenvalue weighted by Gasteiger charge is -2.47. The number of fused-ring (bicyclic) bond motifs is 1. The summed E-state index contributed by atoms with van der Waals surface area (Å²) >= 11 is 1.50. The second kappa shape index (κ2) is 20.1. The molecule has 0 unspecified atom stereocenters. The van der Waals surface area contributed by atoms with Crippen LogP contribution in [0.15, 0.2) is 58.7 Å². The highest BCUT2D eigenvalue weighted by Gasteiger charge is 2.42. The molecule has 1 atom stereocenters. The largest absolute Gasteiger partial charge is 0.506 e. The summed E-state index contributed by atoms with van der Waals surface area (Å²) in [5.74, 6) is -4.76. The molecule has 22 heteroatoms. The van der Waals surface area contributed by atoms with Gasteiger partial charge in [-0.1, -0.05) is 18.2 Å². The van der Waals surface area contributed by atoms with Gasteiger partial charge in [0.15, 0.2) is 0 Å². The van der Waals surface area contributed by atoms with Crippen LogP contribution in [-0.4, -0.2) is 128 Å². The summed E-state index contributed by atoms with van der Waals surface area (Å²) in [6.45, 7) is 7.65. The summed E-state index contributed by atoms with van der Waals surface area (Å²) in [7, 11) is 0. The minimum Gasteiger partial charge on any atom is -0.506 e. The molecule has 1 spiro atoms. The molecule has 0 aliphatic carbocycles. The Bertz CT molecular complexity index is 2100. The van der Waals surface area contributed by atoms with Crippen LogP contribution in [0.2, 0.25) is 0 Å². The number of aromatic hydroxyl groups is 1. The number of aromatic amines is 1. The second-order valence-electron chi connectivity index (χ2n) is 13.4.